The lowest BCUT2D eigenvalue weighted by Gasteiger charge is -2.33. The molecule has 0 saturated carbocycles. The fraction of sp³-hybridized carbons (Fsp3) is 0.889. The number of hydrogen-bond acceptors (Lipinski definition) is 4. The Morgan fingerprint density at radius 2 is 1.87 bits per heavy atom. The van der Waals surface area contributed by atoms with Gasteiger partial charge < -0.3 is 4.52 Å². The van der Waals surface area contributed by atoms with Gasteiger partial charge in [0, 0.05) is 12.1 Å². The van der Waals surface area contributed by atoms with E-state index in [4.69, 9.17) is 25.7 Å². The van der Waals surface area contributed by atoms with Gasteiger partial charge in [0.05, 0.1) is 31.0 Å². The van der Waals surface area contributed by atoms with Crippen molar-refractivity contribution in [3.63, 3.8) is 0 Å². The Morgan fingerprint density at radius 3 is 2.20 bits per heavy atom. The molecule has 6 heteroatoms. The van der Waals surface area contributed by atoms with Gasteiger partial charge in [-0.2, -0.15) is 5.26 Å². The summed E-state index contributed by atoms with van der Waals surface area (Å²) in [5.74, 6) is 0. The minimum absolute atomic E-state index is 0.289. The minimum Gasteiger partial charge on any atom is -0.320 e. The van der Waals surface area contributed by atoms with E-state index in [-0.39, 0.29) is 12.1 Å². The zero-order chi connectivity index (χ0) is 11.8. The second-order valence-corrected chi connectivity index (χ2v) is 5.36. The average Bonchev–Trinajstić information content (AvgIpc) is 2.15. The summed E-state index contributed by atoms with van der Waals surface area (Å²) in [5.41, 5.74) is 0. The van der Waals surface area contributed by atoms with Crippen molar-refractivity contribution in [3.8, 4) is 6.07 Å². The van der Waals surface area contributed by atoms with Crippen LogP contribution in [0.1, 0.15) is 34.1 Å². The summed E-state index contributed by atoms with van der Waals surface area (Å²) in [6.07, 6.45) is 0.350. The number of nitriles is 1. The van der Waals surface area contributed by atoms with Crippen LogP contribution in [0.3, 0.4) is 0 Å². The van der Waals surface area contributed by atoms with E-state index in [0.717, 1.165) is 0 Å². The van der Waals surface area contributed by atoms with E-state index in [2.05, 4.69) is 32.4 Å². The molecular formula is C9H18ClN2O2P. The Bertz CT molecular complexity index is 201. The molecule has 0 heterocycles. The van der Waals surface area contributed by atoms with Gasteiger partial charge in [0.25, 0.3) is 8.53 Å². The topological polar surface area (TPSA) is 45.5 Å². The Balaban J connectivity index is 4.27. The van der Waals surface area contributed by atoms with Crippen molar-refractivity contribution in [2.45, 2.75) is 46.2 Å². The van der Waals surface area contributed by atoms with E-state index >= 15 is 0 Å². The lowest BCUT2D eigenvalue weighted by molar-refractivity contribution is 0.223. The second-order valence-electron chi connectivity index (χ2n) is 3.62. The van der Waals surface area contributed by atoms with E-state index in [9.17, 15) is 0 Å². The molecule has 0 aliphatic carbocycles. The van der Waals surface area contributed by atoms with Crippen molar-refractivity contribution in [1.82, 2.24) is 4.67 Å². The van der Waals surface area contributed by atoms with E-state index in [0.29, 0.717) is 13.0 Å². The predicted octanol–water partition coefficient (Wildman–Crippen LogP) is 3.43. The first-order valence-corrected chi connectivity index (χ1v) is 6.35. The molecule has 0 aromatic carbocycles. The van der Waals surface area contributed by atoms with Crippen molar-refractivity contribution in [3.05, 3.63) is 0 Å². The fourth-order valence-corrected chi connectivity index (χ4v) is 2.84. The maximum Gasteiger partial charge on any atom is 0.277 e. The maximum atomic E-state index is 8.40. The van der Waals surface area contributed by atoms with Crippen LogP contribution in [-0.2, 0) is 8.60 Å². The zero-order valence-electron chi connectivity index (χ0n) is 9.61. The summed E-state index contributed by atoms with van der Waals surface area (Å²) in [4.78, 5) is 0. The molecule has 0 saturated heterocycles. The second kappa shape index (κ2) is 8.27. The van der Waals surface area contributed by atoms with E-state index < -0.39 is 8.53 Å². The number of nitrogens with zero attached hydrogens (tertiary/aromatic N) is 2. The Labute approximate surface area is 98.2 Å². The number of hydrogen-bond donors (Lipinski definition) is 0. The molecule has 0 spiro atoms. The molecule has 0 aromatic heterocycles. The van der Waals surface area contributed by atoms with Crippen LogP contribution in [0.15, 0.2) is 0 Å². The van der Waals surface area contributed by atoms with Gasteiger partial charge in [0.15, 0.2) is 0 Å². The Hall–Kier alpha value is 0.0900. The van der Waals surface area contributed by atoms with Crippen LogP contribution in [-0.4, -0.2) is 23.4 Å². The molecule has 0 amide bonds. The standard InChI is InChI=1S/C9H18ClN2O2P/c1-8(2)12(9(3)4)15(14-10)13-7-5-6-11/h8-9H,5,7H2,1-4H3. The van der Waals surface area contributed by atoms with Crippen LogP contribution in [0.4, 0.5) is 0 Å². The predicted molar refractivity (Wildman–Crippen MR) is 62.2 cm³/mol. The van der Waals surface area contributed by atoms with E-state index in [1.165, 1.54) is 0 Å². The average molecular weight is 253 g/mol. The van der Waals surface area contributed by atoms with Crippen LogP contribution >= 0.6 is 20.4 Å². The third-order valence-corrected chi connectivity index (χ3v) is 3.90. The van der Waals surface area contributed by atoms with E-state index in [1.54, 1.807) is 0 Å². The SMILES string of the molecule is CC(C)N(C(C)C)P(OCl)OCCC#N. The third kappa shape index (κ3) is 5.65. The summed E-state index contributed by atoms with van der Waals surface area (Å²) >= 11 is 5.41. The smallest absolute Gasteiger partial charge is 0.277 e. The molecule has 0 N–H and O–H groups in total. The highest BCUT2D eigenvalue weighted by Crippen LogP contribution is 2.46. The molecule has 1 atom stereocenters. The first kappa shape index (κ1) is 15.1. The van der Waals surface area contributed by atoms with Crippen LogP contribution in [0.2, 0.25) is 0 Å². The monoisotopic (exact) mass is 252 g/mol. The molecule has 15 heavy (non-hydrogen) atoms. The molecule has 0 aliphatic heterocycles. The lowest BCUT2D eigenvalue weighted by Crippen LogP contribution is -2.33. The van der Waals surface area contributed by atoms with E-state index in [1.807, 2.05) is 6.07 Å². The van der Waals surface area contributed by atoms with Crippen molar-refractivity contribution < 1.29 is 8.60 Å². The lowest BCUT2D eigenvalue weighted by atomic mass is 10.3. The highest BCUT2D eigenvalue weighted by atomic mass is 35.5. The van der Waals surface area contributed by atoms with Crippen LogP contribution in [0.25, 0.3) is 0 Å². The van der Waals surface area contributed by atoms with Gasteiger partial charge in [0.1, 0.15) is 0 Å². The summed E-state index contributed by atoms with van der Waals surface area (Å²) < 4.78 is 12.3. The van der Waals surface area contributed by atoms with Gasteiger partial charge in [-0.05, 0) is 27.7 Å². The molecule has 0 aromatic rings. The summed E-state index contributed by atoms with van der Waals surface area (Å²) in [6, 6.07) is 2.59. The quantitative estimate of drug-likeness (QED) is 0.514. The van der Waals surface area contributed by atoms with Gasteiger partial charge in [0.2, 0.25) is 0 Å². The molecular weight excluding hydrogens is 235 g/mol. The number of rotatable bonds is 7. The Morgan fingerprint density at radius 1 is 1.33 bits per heavy atom. The van der Waals surface area contributed by atoms with Crippen LogP contribution < -0.4 is 0 Å². The summed E-state index contributed by atoms with van der Waals surface area (Å²) in [5, 5.41) is 8.40. The largest absolute Gasteiger partial charge is 0.320 e. The molecule has 0 aliphatic rings. The maximum absolute atomic E-state index is 8.40. The minimum atomic E-state index is -1.26. The van der Waals surface area contributed by atoms with Crippen molar-refractivity contribution in [2.75, 3.05) is 6.61 Å². The molecule has 88 valence electrons. The van der Waals surface area contributed by atoms with Crippen molar-refractivity contribution in [1.29, 1.82) is 5.26 Å². The van der Waals surface area contributed by atoms with Crippen LogP contribution in [0.5, 0.6) is 0 Å². The van der Waals surface area contributed by atoms with Crippen molar-refractivity contribution >= 4 is 20.4 Å². The molecule has 4 nitrogen and oxygen atoms in total. The van der Waals surface area contributed by atoms with Crippen molar-refractivity contribution in [2.24, 2.45) is 0 Å². The van der Waals surface area contributed by atoms with Gasteiger partial charge in [-0.3, -0.25) is 0 Å². The van der Waals surface area contributed by atoms with Crippen LogP contribution in [0, 0.1) is 11.3 Å². The third-order valence-electron chi connectivity index (χ3n) is 1.72. The molecule has 0 fully saturated rings. The van der Waals surface area contributed by atoms with Gasteiger partial charge in [-0.25, -0.2) is 8.75 Å². The first-order valence-electron chi connectivity index (χ1n) is 4.91. The fourth-order valence-electron chi connectivity index (χ4n) is 1.27. The first-order chi connectivity index (χ1) is 7.04. The highest BCUT2D eigenvalue weighted by molar-refractivity contribution is 7.45. The molecule has 0 bridgehead atoms. The molecule has 0 radical (unpaired) electrons. The normalized spacial score (nSPS) is 13.5. The Kier molecular flexibility index (Phi) is 8.32. The zero-order valence-corrected chi connectivity index (χ0v) is 11.3. The number of halogens is 1. The van der Waals surface area contributed by atoms with Gasteiger partial charge >= 0.3 is 0 Å². The summed E-state index contributed by atoms with van der Waals surface area (Å²) in [7, 11) is -1.26. The molecule has 0 rings (SSSR count). The van der Waals surface area contributed by atoms with Gasteiger partial charge in [-0.15, -0.1) is 0 Å². The highest BCUT2D eigenvalue weighted by Gasteiger charge is 2.26. The summed E-state index contributed by atoms with van der Waals surface area (Å²) in [6.45, 7) is 8.57. The van der Waals surface area contributed by atoms with Gasteiger partial charge in [-0.1, -0.05) is 0 Å². The molecule has 1 unspecified atom stereocenters.